The summed E-state index contributed by atoms with van der Waals surface area (Å²) in [5.74, 6) is -5.53. The van der Waals surface area contributed by atoms with Gasteiger partial charge in [0.25, 0.3) is 5.91 Å². The number of carbonyl (C=O) groups is 1. The summed E-state index contributed by atoms with van der Waals surface area (Å²) in [4.78, 5) is 12.8. The number of fused-ring (bicyclic) bond motifs is 1. The van der Waals surface area contributed by atoms with E-state index in [-0.39, 0.29) is 40.4 Å². The van der Waals surface area contributed by atoms with Crippen LogP contribution in [0, 0.1) is 0 Å². The molecule has 1 amide bonds. The molecule has 0 radical (unpaired) electrons. The van der Waals surface area contributed by atoms with Crippen LogP contribution in [-0.4, -0.2) is 52.8 Å². The molecular weight excluding hydrogens is 438 g/mol. The average molecular weight is 457 g/mol. The Hall–Kier alpha value is -4.67. The minimum atomic E-state index is -1.07. The van der Waals surface area contributed by atoms with Gasteiger partial charge in [-0.3, -0.25) is 4.79 Å². The van der Waals surface area contributed by atoms with E-state index < -0.39 is 52.6 Å². The van der Waals surface area contributed by atoms with Gasteiger partial charge in [0.2, 0.25) is 0 Å². The van der Waals surface area contributed by atoms with Gasteiger partial charge in [-0.05, 0) is 24.3 Å². The highest BCUT2D eigenvalue weighted by Gasteiger charge is 2.35. The number of rotatable bonds is 3. The van der Waals surface area contributed by atoms with E-state index in [0.29, 0.717) is 0 Å². The molecule has 11 heteroatoms. The van der Waals surface area contributed by atoms with Crippen molar-refractivity contribution in [2.24, 2.45) is 0 Å². The lowest BCUT2D eigenvalue weighted by molar-refractivity contribution is 0.0836. The molecule has 11 nitrogen and oxygen atoms in total. The third kappa shape index (κ3) is 3.87. The lowest BCUT2D eigenvalue weighted by Crippen LogP contribution is -2.45. The molecule has 9 N–H and O–H groups in total. The van der Waals surface area contributed by atoms with Crippen molar-refractivity contribution in [2.75, 3.05) is 0 Å². The lowest BCUT2D eigenvalue weighted by Gasteiger charge is -2.35. The molecule has 2 atom stereocenters. The SMILES string of the molecule is O=C(N[C@H]1Cc2c(O)cc(O)cc2O[C@@H]1c1cc(O)c(O)c(O)c1)c1cc(O)c(O)c(O)c1. The molecule has 0 saturated carbocycles. The standard InChI is InChI=1S/C22H19NO10/c24-10-5-13(25)11-7-12(23-22(32)9-3-16(28)20(31)17(29)4-9)21(33-18(11)6-10)8-1-14(26)19(30)15(27)2-8/h1-6,12,21,24-31H,7H2,(H,23,32)/t12-,21+/m0/s1. The van der Waals surface area contributed by atoms with Crippen molar-refractivity contribution < 1.29 is 50.4 Å². The maximum absolute atomic E-state index is 12.8. The van der Waals surface area contributed by atoms with E-state index in [9.17, 15) is 45.6 Å². The number of amides is 1. The van der Waals surface area contributed by atoms with E-state index in [1.54, 1.807) is 0 Å². The molecule has 172 valence electrons. The van der Waals surface area contributed by atoms with Gasteiger partial charge in [-0.1, -0.05) is 0 Å². The van der Waals surface area contributed by atoms with Crippen molar-refractivity contribution in [3.8, 4) is 51.7 Å². The van der Waals surface area contributed by atoms with E-state index in [1.807, 2.05) is 0 Å². The number of phenols is 8. The Labute approximate surface area is 185 Å². The fourth-order valence-electron chi connectivity index (χ4n) is 3.68. The second-order valence-corrected chi connectivity index (χ2v) is 7.53. The first kappa shape index (κ1) is 21.6. The fraction of sp³-hybridized carbons (Fsp3) is 0.136. The van der Waals surface area contributed by atoms with Crippen LogP contribution in [0.15, 0.2) is 36.4 Å². The average Bonchev–Trinajstić information content (AvgIpc) is 2.75. The van der Waals surface area contributed by atoms with Gasteiger partial charge in [-0.25, -0.2) is 0 Å². The van der Waals surface area contributed by atoms with Crippen LogP contribution in [0.3, 0.4) is 0 Å². The molecule has 0 spiro atoms. The van der Waals surface area contributed by atoms with Crippen LogP contribution in [0.25, 0.3) is 0 Å². The Balaban J connectivity index is 1.75. The molecule has 0 aliphatic carbocycles. The summed E-state index contributed by atoms with van der Waals surface area (Å²) in [6, 6.07) is 5.51. The number of benzene rings is 3. The molecular formula is C22H19NO10. The van der Waals surface area contributed by atoms with Gasteiger partial charge in [-0.15, -0.1) is 0 Å². The quantitative estimate of drug-likeness (QED) is 0.261. The zero-order valence-corrected chi connectivity index (χ0v) is 16.7. The van der Waals surface area contributed by atoms with Crippen molar-refractivity contribution in [3.05, 3.63) is 53.1 Å². The molecule has 0 fully saturated rings. The van der Waals surface area contributed by atoms with Crippen molar-refractivity contribution in [1.29, 1.82) is 0 Å². The zero-order chi connectivity index (χ0) is 24.0. The number of phenolic OH excluding ortho intramolecular Hbond substituents is 8. The highest BCUT2D eigenvalue weighted by atomic mass is 16.5. The van der Waals surface area contributed by atoms with Gasteiger partial charge in [0, 0.05) is 35.2 Å². The fourth-order valence-corrected chi connectivity index (χ4v) is 3.68. The summed E-state index contributed by atoms with van der Waals surface area (Å²) in [6.45, 7) is 0. The second kappa shape index (κ2) is 7.79. The van der Waals surface area contributed by atoms with Crippen LogP contribution < -0.4 is 10.1 Å². The third-order valence-corrected chi connectivity index (χ3v) is 5.28. The molecule has 3 aromatic rings. The van der Waals surface area contributed by atoms with Gasteiger partial charge >= 0.3 is 0 Å². The maximum Gasteiger partial charge on any atom is 0.251 e. The van der Waals surface area contributed by atoms with Crippen LogP contribution in [0.1, 0.15) is 27.6 Å². The first-order chi connectivity index (χ1) is 15.5. The minimum Gasteiger partial charge on any atom is -0.508 e. The number of aromatic hydroxyl groups is 8. The molecule has 1 heterocycles. The first-order valence-electron chi connectivity index (χ1n) is 9.57. The maximum atomic E-state index is 12.8. The topological polar surface area (TPSA) is 200 Å². The van der Waals surface area contributed by atoms with Crippen LogP contribution in [0.4, 0.5) is 0 Å². The molecule has 0 saturated heterocycles. The number of hydrogen-bond acceptors (Lipinski definition) is 10. The normalized spacial score (nSPS) is 17.1. The molecule has 1 aliphatic rings. The summed E-state index contributed by atoms with van der Waals surface area (Å²) in [7, 11) is 0. The molecule has 33 heavy (non-hydrogen) atoms. The van der Waals surface area contributed by atoms with Crippen molar-refractivity contribution in [2.45, 2.75) is 18.6 Å². The molecule has 4 rings (SSSR count). The van der Waals surface area contributed by atoms with Gasteiger partial charge in [0.1, 0.15) is 23.4 Å². The van der Waals surface area contributed by atoms with E-state index >= 15 is 0 Å². The van der Waals surface area contributed by atoms with Crippen LogP contribution in [-0.2, 0) is 6.42 Å². The van der Waals surface area contributed by atoms with E-state index in [0.717, 1.165) is 30.3 Å². The van der Waals surface area contributed by atoms with Gasteiger partial charge in [-0.2, -0.15) is 0 Å². The van der Waals surface area contributed by atoms with E-state index in [2.05, 4.69) is 5.32 Å². The molecule has 0 bridgehead atoms. The molecule has 0 unspecified atom stereocenters. The monoisotopic (exact) mass is 457 g/mol. The number of ether oxygens (including phenoxy) is 1. The summed E-state index contributed by atoms with van der Waals surface area (Å²) >= 11 is 0. The molecule has 3 aromatic carbocycles. The van der Waals surface area contributed by atoms with Crippen LogP contribution in [0.2, 0.25) is 0 Å². The van der Waals surface area contributed by atoms with E-state index in [4.69, 9.17) is 4.74 Å². The second-order valence-electron chi connectivity index (χ2n) is 7.53. The van der Waals surface area contributed by atoms with Gasteiger partial charge in [0.05, 0.1) is 6.04 Å². The minimum absolute atomic E-state index is 0.0176. The highest BCUT2D eigenvalue weighted by Crippen LogP contribution is 2.45. The van der Waals surface area contributed by atoms with Crippen LogP contribution in [0.5, 0.6) is 51.7 Å². The smallest absolute Gasteiger partial charge is 0.251 e. The zero-order valence-electron chi connectivity index (χ0n) is 16.7. The van der Waals surface area contributed by atoms with E-state index in [1.165, 1.54) is 6.07 Å². The van der Waals surface area contributed by atoms with Crippen LogP contribution >= 0.6 is 0 Å². The highest BCUT2D eigenvalue weighted by molar-refractivity contribution is 5.95. The number of nitrogens with one attached hydrogen (secondary N) is 1. The third-order valence-electron chi connectivity index (χ3n) is 5.28. The van der Waals surface area contributed by atoms with Gasteiger partial charge in [0.15, 0.2) is 34.5 Å². The van der Waals surface area contributed by atoms with Crippen molar-refractivity contribution in [3.63, 3.8) is 0 Å². The predicted octanol–water partition coefficient (Wildman–Crippen LogP) is 1.81. The lowest BCUT2D eigenvalue weighted by atomic mass is 9.91. The van der Waals surface area contributed by atoms with Crippen molar-refractivity contribution >= 4 is 5.91 Å². The number of carbonyl (C=O) groups excluding carboxylic acids is 1. The largest absolute Gasteiger partial charge is 0.508 e. The molecule has 1 aliphatic heterocycles. The summed E-state index contributed by atoms with van der Waals surface area (Å²) < 4.78 is 5.87. The van der Waals surface area contributed by atoms with Crippen molar-refractivity contribution in [1.82, 2.24) is 5.32 Å². The Bertz CT molecular complexity index is 1230. The van der Waals surface area contributed by atoms with Gasteiger partial charge < -0.3 is 50.9 Å². The predicted molar refractivity (Wildman–Crippen MR) is 111 cm³/mol. The Morgan fingerprint density at radius 1 is 0.758 bits per heavy atom. The number of hydrogen-bond donors (Lipinski definition) is 9. The first-order valence-corrected chi connectivity index (χ1v) is 9.57. The Morgan fingerprint density at radius 2 is 1.30 bits per heavy atom. The molecule has 0 aromatic heterocycles. The Kier molecular flexibility index (Phi) is 5.09. The Morgan fingerprint density at radius 3 is 1.88 bits per heavy atom. The summed E-state index contributed by atoms with van der Waals surface area (Å²) in [5.41, 5.74) is 0.217. The summed E-state index contributed by atoms with van der Waals surface area (Å²) in [5, 5.41) is 81.0. The summed E-state index contributed by atoms with van der Waals surface area (Å²) in [6.07, 6.45) is -1.09.